The summed E-state index contributed by atoms with van der Waals surface area (Å²) >= 11 is 0. The summed E-state index contributed by atoms with van der Waals surface area (Å²) in [6.45, 7) is 6.76. The lowest BCUT2D eigenvalue weighted by atomic mass is 10.1. The Morgan fingerprint density at radius 2 is 1.21 bits per heavy atom. The van der Waals surface area contributed by atoms with E-state index >= 15 is 0 Å². The lowest BCUT2D eigenvalue weighted by Crippen LogP contribution is -2.32. The zero-order valence-electron chi connectivity index (χ0n) is 21.7. The number of ether oxygens (including phenoxy) is 1. The third-order valence-electron chi connectivity index (χ3n) is 6.08. The maximum absolute atomic E-state index is 13.1. The molecule has 0 aliphatic heterocycles. The molecule has 3 atom stereocenters. The average molecular weight is 513 g/mol. The standard InChI is InChI=1S/C25H53O6PS/c1-4-6-8-10-12-13-14-16-18-23-33(29)25(20-17-15-11-9-7-5-2)24(3)30-21-19-22-31-32(26,27)28/h24-25H,4-23H2,1-3H3,(H2,26,27,28). The maximum Gasteiger partial charge on any atom is 0.469 e. The second-order valence-corrected chi connectivity index (χ2v) is 12.3. The molecule has 0 heterocycles. The number of phosphoric acid groups is 1. The molecule has 0 fully saturated rings. The van der Waals surface area contributed by atoms with Gasteiger partial charge in [-0.2, -0.15) is 0 Å². The van der Waals surface area contributed by atoms with Crippen molar-refractivity contribution < 1.29 is 27.8 Å². The smallest absolute Gasteiger partial charge is 0.377 e. The number of rotatable bonds is 25. The summed E-state index contributed by atoms with van der Waals surface area (Å²) in [6, 6.07) is 0. The summed E-state index contributed by atoms with van der Waals surface area (Å²) < 4.78 is 34.2. The Hall–Kier alpha value is 0.220. The van der Waals surface area contributed by atoms with Gasteiger partial charge in [-0.3, -0.25) is 8.73 Å². The maximum atomic E-state index is 13.1. The Bertz CT molecular complexity index is 499. The summed E-state index contributed by atoms with van der Waals surface area (Å²) in [6.07, 6.45) is 19.8. The molecule has 0 aliphatic carbocycles. The second-order valence-electron chi connectivity index (χ2n) is 9.26. The van der Waals surface area contributed by atoms with Crippen molar-refractivity contribution in [1.29, 1.82) is 0 Å². The molecule has 2 N–H and O–H groups in total. The van der Waals surface area contributed by atoms with Crippen LogP contribution in [0.3, 0.4) is 0 Å². The minimum absolute atomic E-state index is 0.0212. The Kier molecular flexibility index (Phi) is 22.8. The number of hydrogen-bond donors (Lipinski definition) is 2. The van der Waals surface area contributed by atoms with Gasteiger partial charge in [0.05, 0.1) is 18.0 Å². The van der Waals surface area contributed by atoms with Gasteiger partial charge in [-0.1, -0.05) is 104 Å². The van der Waals surface area contributed by atoms with E-state index in [1.165, 1.54) is 77.0 Å². The molecule has 0 saturated heterocycles. The van der Waals surface area contributed by atoms with Gasteiger partial charge in [-0.05, 0) is 26.2 Å². The zero-order chi connectivity index (χ0) is 24.8. The third-order valence-corrected chi connectivity index (χ3v) is 8.59. The van der Waals surface area contributed by atoms with Gasteiger partial charge in [-0.15, -0.1) is 0 Å². The molecule has 0 amide bonds. The van der Waals surface area contributed by atoms with E-state index in [0.29, 0.717) is 13.0 Å². The van der Waals surface area contributed by atoms with Crippen LogP contribution in [-0.2, 0) is 24.6 Å². The lowest BCUT2D eigenvalue weighted by Gasteiger charge is -2.24. The molecule has 0 spiro atoms. The monoisotopic (exact) mass is 512 g/mol. The average Bonchev–Trinajstić information content (AvgIpc) is 2.76. The van der Waals surface area contributed by atoms with Gasteiger partial charge >= 0.3 is 7.82 Å². The van der Waals surface area contributed by atoms with Crippen molar-refractivity contribution >= 4 is 18.6 Å². The van der Waals surface area contributed by atoms with E-state index in [2.05, 4.69) is 18.4 Å². The van der Waals surface area contributed by atoms with Gasteiger partial charge in [0.15, 0.2) is 0 Å². The first kappa shape index (κ1) is 33.2. The fraction of sp³-hybridized carbons (Fsp3) is 1.00. The van der Waals surface area contributed by atoms with Crippen LogP contribution in [-0.4, -0.2) is 44.3 Å². The van der Waals surface area contributed by atoms with Gasteiger partial charge < -0.3 is 14.5 Å². The third kappa shape index (κ3) is 22.4. The summed E-state index contributed by atoms with van der Waals surface area (Å²) in [7, 11) is -5.33. The van der Waals surface area contributed by atoms with Gasteiger partial charge in [-0.25, -0.2) is 4.57 Å². The van der Waals surface area contributed by atoms with Crippen LogP contribution in [0.1, 0.15) is 130 Å². The minimum Gasteiger partial charge on any atom is -0.377 e. The fourth-order valence-electron chi connectivity index (χ4n) is 4.03. The summed E-state index contributed by atoms with van der Waals surface area (Å²) in [4.78, 5) is 17.5. The Labute approximate surface area is 206 Å². The first-order chi connectivity index (χ1) is 15.8. The summed E-state index contributed by atoms with van der Waals surface area (Å²) in [5, 5.41) is 0.0212. The van der Waals surface area contributed by atoms with Crippen molar-refractivity contribution in [1.82, 2.24) is 0 Å². The van der Waals surface area contributed by atoms with Crippen molar-refractivity contribution in [3.63, 3.8) is 0 Å². The fourth-order valence-corrected chi connectivity index (χ4v) is 6.12. The van der Waals surface area contributed by atoms with E-state index in [0.717, 1.165) is 31.4 Å². The SMILES string of the molecule is CCCCCCCCCCCS(=O)C(CCCCCCCC)C(C)OCCCOP(=O)(O)O. The highest BCUT2D eigenvalue weighted by molar-refractivity contribution is 7.85. The van der Waals surface area contributed by atoms with Crippen LogP contribution in [0, 0.1) is 0 Å². The molecule has 0 saturated carbocycles. The Morgan fingerprint density at radius 3 is 1.73 bits per heavy atom. The van der Waals surface area contributed by atoms with E-state index < -0.39 is 18.6 Å². The summed E-state index contributed by atoms with van der Waals surface area (Å²) in [5.74, 6) is 0.741. The molecule has 0 bridgehead atoms. The normalized spacial score (nSPS) is 14.9. The van der Waals surface area contributed by atoms with Gasteiger partial charge in [0.2, 0.25) is 0 Å². The molecule has 0 aromatic carbocycles. The Balaban J connectivity index is 4.29. The van der Waals surface area contributed by atoms with Crippen molar-refractivity contribution in [3.05, 3.63) is 0 Å². The Morgan fingerprint density at radius 1 is 0.727 bits per heavy atom. The van der Waals surface area contributed by atoms with E-state index in [1.54, 1.807) is 0 Å². The number of phosphoric ester groups is 1. The molecule has 0 aromatic heterocycles. The van der Waals surface area contributed by atoms with Crippen LogP contribution in [0.15, 0.2) is 0 Å². The highest BCUT2D eigenvalue weighted by atomic mass is 32.2. The largest absolute Gasteiger partial charge is 0.469 e. The molecule has 33 heavy (non-hydrogen) atoms. The molecule has 0 radical (unpaired) electrons. The minimum atomic E-state index is -4.42. The molecular formula is C25H53O6PS. The van der Waals surface area contributed by atoms with Crippen molar-refractivity contribution in [2.24, 2.45) is 0 Å². The topological polar surface area (TPSA) is 93.1 Å². The van der Waals surface area contributed by atoms with Crippen LogP contribution in [0.25, 0.3) is 0 Å². The molecule has 0 aromatic rings. The molecule has 6 nitrogen and oxygen atoms in total. The molecule has 3 unspecified atom stereocenters. The lowest BCUT2D eigenvalue weighted by molar-refractivity contribution is 0.0513. The van der Waals surface area contributed by atoms with Gasteiger partial charge in [0, 0.05) is 23.2 Å². The molecule has 8 heteroatoms. The van der Waals surface area contributed by atoms with E-state index in [4.69, 9.17) is 14.5 Å². The van der Waals surface area contributed by atoms with E-state index in [1.807, 2.05) is 6.92 Å². The van der Waals surface area contributed by atoms with Crippen LogP contribution in [0.2, 0.25) is 0 Å². The van der Waals surface area contributed by atoms with E-state index in [-0.39, 0.29) is 18.0 Å². The van der Waals surface area contributed by atoms with Crippen molar-refractivity contribution in [3.8, 4) is 0 Å². The predicted octanol–water partition coefficient (Wildman–Crippen LogP) is 7.29. The highest BCUT2D eigenvalue weighted by Crippen LogP contribution is 2.35. The first-order valence-electron chi connectivity index (χ1n) is 13.5. The highest BCUT2D eigenvalue weighted by Gasteiger charge is 2.24. The van der Waals surface area contributed by atoms with Crippen molar-refractivity contribution in [2.45, 2.75) is 141 Å². The zero-order valence-corrected chi connectivity index (χ0v) is 23.4. The quantitative estimate of drug-likeness (QED) is 0.0985. The first-order valence-corrected chi connectivity index (χ1v) is 16.4. The molecule has 0 aliphatic rings. The molecule has 0 rings (SSSR count). The molecular weight excluding hydrogens is 459 g/mol. The van der Waals surface area contributed by atoms with Crippen LogP contribution in [0.5, 0.6) is 0 Å². The van der Waals surface area contributed by atoms with Crippen LogP contribution >= 0.6 is 7.82 Å². The summed E-state index contributed by atoms with van der Waals surface area (Å²) in [5.41, 5.74) is 0. The molecule has 200 valence electrons. The van der Waals surface area contributed by atoms with Gasteiger partial charge in [0.1, 0.15) is 0 Å². The second kappa shape index (κ2) is 22.7. The van der Waals surface area contributed by atoms with Crippen LogP contribution in [0.4, 0.5) is 0 Å². The van der Waals surface area contributed by atoms with Crippen LogP contribution < -0.4 is 0 Å². The number of unbranched alkanes of at least 4 members (excludes halogenated alkanes) is 13. The van der Waals surface area contributed by atoms with E-state index in [9.17, 15) is 8.77 Å². The van der Waals surface area contributed by atoms with Gasteiger partial charge in [0.25, 0.3) is 0 Å². The van der Waals surface area contributed by atoms with Crippen molar-refractivity contribution in [2.75, 3.05) is 19.0 Å². The predicted molar refractivity (Wildman–Crippen MR) is 140 cm³/mol. The number of hydrogen-bond acceptors (Lipinski definition) is 4.